The highest BCUT2D eigenvalue weighted by Crippen LogP contribution is 2.34. The molecular weight excluding hydrogens is 578 g/mol. The Morgan fingerprint density at radius 3 is 2.71 bits per heavy atom. The summed E-state index contributed by atoms with van der Waals surface area (Å²) in [5, 5.41) is 9.52. The van der Waals surface area contributed by atoms with Gasteiger partial charge in [-0.3, -0.25) is 39.2 Å². The molecule has 230 valence electrons. The molecule has 0 radical (unpaired) electrons. The summed E-state index contributed by atoms with van der Waals surface area (Å²) in [6, 6.07) is 17.0. The molecule has 2 atom stereocenters. The zero-order valence-corrected chi connectivity index (χ0v) is 24.3. The minimum absolute atomic E-state index is 0.0394. The molecule has 0 aliphatic carbocycles. The lowest BCUT2D eigenvalue weighted by molar-refractivity contribution is -0.136. The maximum Gasteiger partial charge on any atom is 0.266 e. The topological polar surface area (TPSA) is 160 Å². The van der Waals surface area contributed by atoms with E-state index in [0.717, 1.165) is 27.2 Å². The Morgan fingerprint density at radius 2 is 1.91 bits per heavy atom. The number of pyridine rings is 1. The van der Waals surface area contributed by atoms with Crippen LogP contribution in [0.15, 0.2) is 77.5 Å². The zero-order chi connectivity index (χ0) is 31.3. The first-order chi connectivity index (χ1) is 21.9. The van der Waals surface area contributed by atoms with E-state index in [1.165, 1.54) is 6.07 Å². The summed E-state index contributed by atoms with van der Waals surface area (Å²) < 4.78 is 11.9. The maximum atomic E-state index is 13.2. The molecule has 0 bridgehead atoms. The second-order valence-electron chi connectivity index (χ2n) is 10.8. The van der Waals surface area contributed by atoms with Crippen LogP contribution in [0.5, 0.6) is 5.75 Å². The molecule has 12 nitrogen and oxygen atoms in total. The number of imide groups is 2. The average Bonchev–Trinajstić information content (AvgIpc) is 3.58. The van der Waals surface area contributed by atoms with E-state index >= 15 is 0 Å². The number of aromatic nitrogens is 1. The van der Waals surface area contributed by atoms with Gasteiger partial charge in [0, 0.05) is 43.7 Å². The molecule has 1 saturated heterocycles. The minimum Gasteiger partial charge on any atom is -0.493 e. The van der Waals surface area contributed by atoms with Crippen LogP contribution in [0.25, 0.3) is 11.0 Å². The Balaban J connectivity index is 0.981. The molecule has 2 aliphatic rings. The quantitative estimate of drug-likeness (QED) is 0.162. The van der Waals surface area contributed by atoms with Crippen LogP contribution in [0.1, 0.15) is 63.8 Å². The lowest BCUT2D eigenvalue weighted by Crippen LogP contribution is -2.54. The number of amides is 5. The fourth-order valence-electron chi connectivity index (χ4n) is 5.60. The predicted octanol–water partition coefficient (Wildman–Crippen LogP) is 2.88. The first kappa shape index (κ1) is 29.7. The van der Waals surface area contributed by atoms with E-state index in [4.69, 9.17) is 9.15 Å². The number of hydrogen-bond donors (Lipinski definition) is 3. The van der Waals surface area contributed by atoms with Crippen LogP contribution in [0.4, 0.5) is 0 Å². The number of para-hydroxylation sites is 1. The molecule has 12 heteroatoms. The Labute approximate surface area is 258 Å². The molecule has 2 aromatic heterocycles. The van der Waals surface area contributed by atoms with Crippen LogP contribution in [0.2, 0.25) is 0 Å². The Morgan fingerprint density at radius 1 is 1.04 bits per heavy atom. The first-order valence-corrected chi connectivity index (χ1v) is 14.8. The highest BCUT2D eigenvalue weighted by Gasteiger charge is 2.46. The summed E-state index contributed by atoms with van der Waals surface area (Å²) in [6.45, 7) is 1.00. The molecular formula is C33H31N5O7. The Kier molecular flexibility index (Phi) is 8.65. The fraction of sp³-hybridized carbons (Fsp3) is 0.273. The van der Waals surface area contributed by atoms with Gasteiger partial charge in [0.2, 0.25) is 17.7 Å². The summed E-state index contributed by atoms with van der Waals surface area (Å²) in [5.74, 6) is -1.56. The van der Waals surface area contributed by atoms with Gasteiger partial charge >= 0.3 is 0 Å². The monoisotopic (exact) mass is 609 g/mol. The third kappa shape index (κ3) is 6.31. The smallest absolute Gasteiger partial charge is 0.266 e. The van der Waals surface area contributed by atoms with Gasteiger partial charge in [0.15, 0.2) is 0 Å². The van der Waals surface area contributed by atoms with Crippen LogP contribution in [-0.4, -0.2) is 65.2 Å². The summed E-state index contributed by atoms with van der Waals surface area (Å²) in [7, 11) is 0. The maximum absolute atomic E-state index is 13.2. The van der Waals surface area contributed by atoms with Crippen molar-refractivity contribution in [2.75, 3.05) is 19.7 Å². The van der Waals surface area contributed by atoms with Gasteiger partial charge in [0.1, 0.15) is 23.1 Å². The van der Waals surface area contributed by atoms with Gasteiger partial charge in [-0.05, 0) is 48.7 Å². The van der Waals surface area contributed by atoms with Gasteiger partial charge in [-0.2, -0.15) is 0 Å². The molecule has 0 saturated carbocycles. The first-order valence-electron chi connectivity index (χ1n) is 14.8. The number of piperidine rings is 1. The molecule has 5 amide bonds. The van der Waals surface area contributed by atoms with E-state index in [2.05, 4.69) is 20.9 Å². The van der Waals surface area contributed by atoms with E-state index < -0.39 is 29.7 Å². The van der Waals surface area contributed by atoms with E-state index in [1.807, 2.05) is 42.5 Å². The van der Waals surface area contributed by atoms with Crippen LogP contribution in [0.3, 0.4) is 0 Å². The second kappa shape index (κ2) is 13.1. The molecule has 3 N–H and O–H groups in total. The molecule has 2 aliphatic heterocycles. The van der Waals surface area contributed by atoms with Gasteiger partial charge in [-0.25, -0.2) is 0 Å². The number of fused-ring (bicyclic) bond motifs is 2. The molecule has 4 aromatic rings. The van der Waals surface area contributed by atoms with Crippen molar-refractivity contribution < 1.29 is 33.1 Å². The van der Waals surface area contributed by atoms with Crippen molar-refractivity contribution in [2.24, 2.45) is 0 Å². The summed E-state index contributed by atoms with van der Waals surface area (Å²) in [4.78, 5) is 67.7. The standard InChI is InChI=1S/C33H31N5O7/c39-27(35-15-16-36-30(21-7-4-14-34-19-21)26-18-20-6-1-2-9-24(20)45-26)11-5-17-44-25-10-3-8-22-29(25)33(43)38(32(22)42)23-12-13-28(40)37-31(23)41/h1-4,6-10,14,18-19,23,30,36H,5,11-13,15-17H2,(H,35,39)(H,37,40,41). The zero-order valence-electron chi connectivity index (χ0n) is 24.3. The van der Waals surface area contributed by atoms with E-state index in [1.54, 1.807) is 24.5 Å². The highest BCUT2D eigenvalue weighted by atomic mass is 16.5. The van der Waals surface area contributed by atoms with Crippen LogP contribution in [-0.2, 0) is 14.4 Å². The van der Waals surface area contributed by atoms with Crippen molar-refractivity contribution in [3.63, 3.8) is 0 Å². The molecule has 1 fully saturated rings. The van der Waals surface area contributed by atoms with Crippen LogP contribution >= 0.6 is 0 Å². The number of carbonyl (C=O) groups excluding carboxylic acids is 5. The van der Waals surface area contributed by atoms with Crippen molar-refractivity contribution in [2.45, 2.75) is 37.8 Å². The largest absolute Gasteiger partial charge is 0.493 e. The SMILES string of the molecule is O=C(CCCOc1cccc2c1C(=O)N(C1CCC(=O)NC1=O)C2=O)NCCNC(c1cccnc1)c1cc2ccccc2o1. The van der Waals surface area contributed by atoms with Crippen molar-refractivity contribution in [1.82, 2.24) is 25.8 Å². The number of carbonyl (C=O) groups is 5. The van der Waals surface area contributed by atoms with Gasteiger partial charge < -0.3 is 19.8 Å². The second-order valence-corrected chi connectivity index (χ2v) is 10.8. The number of furan rings is 1. The van der Waals surface area contributed by atoms with E-state index in [0.29, 0.717) is 19.5 Å². The molecule has 2 unspecified atom stereocenters. The van der Waals surface area contributed by atoms with Gasteiger partial charge in [-0.15, -0.1) is 0 Å². The van der Waals surface area contributed by atoms with Crippen molar-refractivity contribution >= 4 is 40.5 Å². The van der Waals surface area contributed by atoms with Gasteiger partial charge in [0.05, 0.1) is 23.8 Å². The fourth-order valence-corrected chi connectivity index (χ4v) is 5.60. The van der Waals surface area contributed by atoms with Gasteiger partial charge in [-0.1, -0.05) is 30.3 Å². The van der Waals surface area contributed by atoms with Crippen molar-refractivity contribution in [3.05, 3.63) is 95.5 Å². The lowest BCUT2D eigenvalue weighted by Gasteiger charge is -2.27. The summed E-state index contributed by atoms with van der Waals surface area (Å²) in [5.41, 5.74) is 1.95. The van der Waals surface area contributed by atoms with Crippen molar-refractivity contribution in [1.29, 1.82) is 0 Å². The third-order valence-corrected chi connectivity index (χ3v) is 7.78. The molecule has 2 aromatic carbocycles. The number of nitrogens with one attached hydrogen (secondary N) is 3. The van der Waals surface area contributed by atoms with Crippen molar-refractivity contribution in [3.8, 4) is 5.75 Å². The number of rotatable bonds is 12. The average molecular weight is 610 g/mol. The molecule has 45 heavy (non-hydrogen) atoms. The Hall–Kier alpha value is -5.36. The van der Waals surface area contributed by atoms with E-state index in [-0.39, 0.29) is 54.7 Å². The summed E-state index contributed by atoms with van der Waals surface area (Å²) >= 11 is 0. The third-order valence-electron chi connectivity index (χ3n) is 7.78. The molecule has 0 spiro atoms. The highest BCUT2D eigenvalue weighted by molar-refractivity contribution is 6.24. The normalized spacial score (nSPS) is 16.9. The van der Waals surface area contributed by atoms with E-state index in [9.17, 15) is 24.0 Å². The number of nitrogens with zero attached hydrogens (tertiary/aromatic N) is 2. The number of hydrogen-bond acceptors (Lipinski definition) is 9. The summed E-state index contributed by atoms with van der Waals surface area (Å²) in [6.07, 6.45) is 4.17. The number of benzene rings is 2. The lowest BCUT2D eigenvalue weighted by atomic mass is 10.0. The van der Waals surface area contributed by atoms with Crippen LogP contribution < -0.4 is 20.7 Å². The predicted molar refractivity (Wildman–Crippen MR) is 161 cm³/mol. The molecule has 6 rings (SSSR count). The minimum atomic E-state index is -1.06. The Bertz CT molecular complexity index is 1740. The molecule has 4 heterocycles. The van der Waals surface area contributed by atoms with Crippen LogP contribution in [0, 0.1) is 0 Å². The number of ether oxygens (including phenoxy) is 1. The van der Waals surface area contributed by atoms with Gasteiger partial charge in [0.25, 0.3) is 11.8 Å².